The van der Waals surface area contributed by atoms with E-state index in [1.807, 2.05) is 31.2 Å². The smallest absolute Gasteiger partial charge is 0.176 e. The molecule has 1 aromatic carbocycles. The summed E-state index contributed by atoms with van der Waals surface area (Å²) in [6.07, 6.45) is 0. The van der Waals surface area contributed by atoms with Crippen LogP contribution in [0.1, 0.15) is 17.3 Å². The molecule has 0 N–H and O–H groups in total. The molecule has 1 atom stereocenters. The van der Waals surface area contributed by atoms with Gasteiger partial charge in [0.2, 0.25) is 0 Å². The van der Waals surface area contributed by atoms with Crippen molar-refractivity contribution in [3.63, 3.8) is 0 Å². The molecule has 0 saturated carbocycles. The fourth-order valence-corrected chi connectivity index (χ4v) is 2.19. The molecule has 4 nitrogen and oxygen atoms in total. The fraction of sp³-hybridized carbons (Fsp3) is 0.533. The predicted octanol–water partition coefficient (Wildman–Crippen LogP) is 2.62. The van der Waals surface area contributed by atoms with E-state index in [1.54, 1.807) is 14.2 Å². The molecule has 0 aliphatic rings. The molecular formula is C15H22BrNO3. The third-order valence-electron chi connectivity index (χ3n) is 3.13. The van der Waals surface area contributed by atoms with E-state index in [0.29, 0.717) is 26.3 Å². The van der Waals surface area contributed by atoms with Gasteiger partial charge >= 0.3 is 0 Å². The molecule has 0 radical (unpaired) electrons. The summed E-state index contributed by atoms with van der Waals surface area (Å²) in [6.45, 7) is 4.33. The topological polar surface area (TPSA) is 38.8 Å². The maximum Gasteiger partial charge on any atom is 0.176 e. The van der Waals surface area contributed by atoms with Gasteiger partial charge in [-0.05, 0) is 19.1 Å². The van der Waals surface area contributed by atoms with Crippen molar-refractivity contribution in [1.82, 2.24) is 4.90 Å². The molecule has 0 fully saturated rings. The Hall–Kier alpha value is -0.750. The molecule has 1 unspecified atom stereocenters. The number of ether oxygens (including phenoxy) is 2. The van der Waals surface area contributed by atoms with E-state index in [0.717, 1.165) is 10.0 Å². The largest absolute Gasteiger partial charge is 0.383 e. The Labute approximate surface area is 129 Å². The minimum atomic E-state index is 0.108. The number of Topliss-reactive ketones (excluding diaryl/α,β-unsaturated/α-hetero) is 1. The normalized spacial score (nSPS) is 12.7. The van der Waals surface area contributed by atoms with E-state index in [2.05, 4.69) is 20.8 Å². The highest BCUT2D eigenvalue weighted by atomic mass is 79.9. The lowest BCUT2D eigenvalue weighted by molar-refractivity contribution is 0.0651. The average molecular weight is 344 g/mol. The van der Waals surface area contributed by atoms with Crippen LogP contribution < -0.4 is 0 Å². The van der Waals surface area contributed by atoms with Crippen molar-refractivity contribution in [1.29, 1.82) is 0 Å². The second kappa shape index (κ2) is 9.23. The number of methoxy groups -OCH3 is 2. The van der Waals surface area contributed by atoms with Crippen LogP contribution in [0.2, 0.25) is 0 Å². The van der Waals surface area contributed by atoms with Gasteiger partial charge in [-0.1, -0.05) is 28.1 Å². The number of carbonyl (C=O) groups excluding carboxylic acids is 1. The van der Waals surface area contributed by atoms with Crippen LogP contribution in [0.25, 0.3) is 0 Å². The zero-order valence-electron chi connectivity index (χ0n) is 12.3. The molecule has 0 bridgehead atoms. The van der Waals surface area contributed by atoms with Crippen LogP contribution in [0, 0.1) is 0 Å². The molecule has 5 heteroatoms. The monoisotopic (exact) mass is 343 g/mol. The third kappa shape index (κ3) is 5.71. The molecular weight excluding hydrogens is 322 g/mol. The number of hydrogen-bond acceptors (Lipinski definition) is 4. The molecule has 20 heavy (non-hydrogen) atoms. The van der Waals surface area contributed by atoms with E-state index >= 15 is 0 Å². The summed E-state index contributed by atoms with van der Waals surface area (Å²) in [6, 6.07) is 7.61. The van der Waals surface area contributed by atoms with Crippen molar-refractivity contribution in [2.45, 2.75) is 13.0 Å². The molecule has 0 saturated heterocycles. The highest BCUT2D eigenvalue weighted by molar-refractivity contribution is 9.10. The van der Waals surface area contributed by atoms with Crippen LogP contribution in [-0.4, -0.2) is 57.2 Å². The standard InChI is InChI=1S/C15H22BrNO3/c1-12(11-20-3)17(8-9-19-2)10-15(18)13-4-6-14(16)7-5-13/h4-7,12H,8-11H2,1-3H3. The zero-order valence-corrected chi connectivity index (χ0v) is 13.9. The SMILES string of the molecule is COCCN(CC(=O)c1ccc(Br)cc1)C(C)COC. The van der Waals surface area contributed by atoms with Gasteiger partial charge < -0.3 is 9.47 Å². The van der Waals surface area contributed by atoms with E-state index in [9.17, 15) is 4.79 Å². The third-order valence-corrected chi connectivity index (χ3v) is 3.66. The highest BCUT2D eigenvalue weighted by Crippen LogP contribution is 2.12. The number of rotatable bonds is 9. The number of carbonyl (C=O) groups is 1. The van der Waals surface area contributed by atoms with Crippen LogP contribution in [0.15, 0.2) is 28.7 Å². The number of benzene rings is 1. The van der Waals surface area contributed by atoms with Crippen molar-refractivity contribution in [2.24, 2.45) is 0 Å². The van der Waals surface area contributed by atoms with Crippen LogP contribution in [-0.2, 0) is 9.47 Å². The van der Waals surface area contributed by atoms with Crippen LogP contribution in [0.5, 0.6) is 0 Å². The second-order valence-corrected chi connectivity index (χ2v) is 5.61. The van der Waals surface area contributed by atoms with E-state index in [-0.39, 0.29) is 11.8 Å². The Bertz CT molecular complexity index is 408. The summed E-state index contributed by atoms with van der Waals surface area (Å²) < 4.78 is 11.2. The molecule has 0 aromatic heterocycles. The van der Waals surface area contributed by atoms with Crippen molar-refractivity contribution in [3.8, 4) is 0 Å². The van der Waals surface area contributed by atoms with Gasteiger partial charge in [0.05, 0.1) is 19.8 Å². The lowest BCUT2D eigenvalue weighted by Gasteiger charge is -2.27. The molecule has 0 spiro atoms. The van der Waals surface area contributed by atoms with Gasteiger partial charge in [0.15, 0.2) is 5.78 Å². The second-order valence-electron chi connectivity index (χ2n) is 4.70. The van der Waals surface area contributed by atoms with E-state index in [1.165, 1.54) is 0 Å². The summed E-state index contributed by atoms with van der Waals surface area (Å²) in [7, 11) is 3.33. The minimum Gasteiger partial charge on any atom is -0.383 e. The number of ketones is 1. The van der Waals surface area contributed by atoms with Gasteiger partial charge in [0, 0.05) is 36.8 Å². The fourth-order valence-electron chi connectivity index (χ4n) is 1.92. The van der Waals surface area contributed by atoms with Crippen molar-refractivity contribution in [2.75, 3.05) is 40.5 Å². The zero-order chi connectivity index (χ0) is 15.0. The van der Waals surface area contributed by atoms with Gasteiger partial charge in [0.1, 0.15) is 0 Å². The first-order valence-electron chi connectivity index (χ1n) is 6.59. The van der Waals surface area contributed by atoms with Gasteiger partial charge in [-0.25, -0.2) is 0 Å². The molecule has 1 rings (SSSR count). The summed E-state index contributed by atoms with van der Waals surface area (Å²) in [5, 5.41) is 0. The van der Waals surface area contributed by atoms with E-state index < -0.39 is 0 Å². The minimum absolute atomic E-state index is 0.108. The Morgan fingerprint density at radius 2 is 1.90 bits per heavy atom. The van der Waals surface area contributed by atoms with Gasteiger partial charge in [-0.2, -0.15) is 0 Å². The predicted molar refractivity (Wildman–Crippen MR) is 83.3 cm³/mol. The Balaban J connectivity index is 2.67. The first kappa shape index (κ1) is 17.3. The molecule has 0 heterocycles. The van der Waals surface area contributed by atoms with Crippen LogP contribution >= 0.6 is 15.9 Å². The molecule has 0 amide bonds. The quantitative estimate of drug-likeness (QED) is 0.646. The van der Waals surface area contributed by atoms with Crippen molar-refractivity contribution < 1.29 is 14.3 Å². The van der Waals surface area contributed by atoms with Crippen molar-refractivity contribution in [3.05, 3.63) is 34.3 Å². The Kier molecular flexibility index (Phi) is 7.99. The number of hydrogen-bond donors (Lipinski definition) is 0. The molecule has 1 aromatic rings. The number of halogens is 1. The molecule has 112 valence electrons. The van der Waals surface area contributed by atoms with Gasteiger partial charge in [-0.3, -0.25) is 9.69 Å². The summed E-state index contributed by atoms with van der Waals surface area (Å²) in [5.74, 6) is 0.108. The highest BCUT2D eigenvalue weighted by Gasteiger charge is 2.18. The summed E-state index contributed by atoms with van der Waals surface area (Å²) >= 11 is 3.37. The summed E-state index contributed by atoms with van der Waals surface area (Å²) in [4.78, 5) is 14.4. The molecule has 0 aliphatic heterocycles. The lowest BCUT2D eigenvalue weighted by Crippen LogP contribution is -2.41. The maximum atomic E-state index is 12.3. The average Bonchev–Trinajstić information content (AvgIpc) is 2.44. The number of nitrogens with zero attached hydrogens (tertiary/aromatic N) is 1. The first-order valence-corrected chi connectivity index (χ1v) is 7.38. The van der Waals surface area contributed by atoms with Crippen LogP contribution in [0.4, 0.5) is 0 Å². The maximum absolute atomic E-state index is 12.3. The Morgan fingerprint density at radius 1 is 1.25 bits per heavy atom. The van der Waals surface area contributed by atoms with Crippen molar-refractivity contribution >= 4 is 21.7 Å². The van der Waals surface area contributed by atoms with Crippen LogP contribution in [0.3, 0.4) is 0 Å². The van der Waals surface area contributed by atoms with E-state index in [4.69, 9.17) is 9.47 Å². The van der Waals surface area contributed by atoms with Gasteiger partial charge in [0.25, 0.3) is 0 Å². The Morgan fingerprint density at radius 3 is 2.45 bits per heavy atom. The molecule has 0 aliphatic carbocycles. The first-order chi connectivity index (χ1) is 9.58. The van der Waals surface area contributed by atoms with Gasteiger partial charge in [-0.15, -0.1) is 0 Å². The lowest BCUT2D eigenvalue weighted by atomic mass is 10.1. The summed E-state index contributed by atoms with van der Waals surface area (Å²) in [5.41, 5.74) is 0.722.